The average Bonchev–Trinajstić information content (AvgIpc) is 2.77. The maximum Gasteiger partial charge on any atom is 0.251 e. The second kappa shape index (κ2) is 10.3. The van der Waals surface area contributed by atoms with Gasteiger partial charge in [-0.15, -0.1) is 11.8 Å². The van der Waals surface area contributed by atoms with Crippen molar-refractivity contribution in [2.45, 2.75) is 22.1 Å². The Kier molecular flexibility index (Phi) is 7.78. The Balaban J connectivity index is 1.61. The smallest absolute Gasteiger partial charge is 0.251 e. The molecule has 0 radical (unpaired) electrons. The Hall–Kier alpha value is -2.32. The van der Waals surface area contributed by atoms with Gasteiger partial charge in [0.25, 0.3) is 5.91 Å². The van der Waals surface area contributed by atoms with E-state index in [4.69, 9.17) is 11.6 Å². The maximum absolute atomic E-state index is 12.5. The van der Waals surface area contributed by atoms with E-state index >= 15 is 0 Å². The monoisotopic (exact) mass is 474 g/mol. The number of halogens is 1. The van der Waals surface area contributed by atoms with Gasteiger partial charge in [0.15, 0.2) is 0 Å². The third kappa shape index (κ3) is 6.11. The first-order chi connectivity index (χ1) is 14.8. The van der Waals surface area contributed by atoms with Gasteiger partial charge in [-0.1, -0.05) is 41.9 Å². The highest BCUT2D eigenvalue weighted by atomic mass is 35.5. The molecule has 0 atom stereocenters. The van der Waals surface area contributed by atoms with Crippen LogP contribution in [0.3, 0.4) is 0 Å². The molecule has 0 saturated carbocycles. The molecule has 0 aromatic heterocycles. The topological polar surface area (TPSA) is 66.5 Å². The molecule has 5 nitrogen and oxygen atoms in total. The van der Waals surface area contributed by atoms with Gasteiger partial charge in [-0.3, -0.25) is 4.79 Å². The number of sulfonamides is 1. The molecule has 162 valence electrons. The van der Waals surface area contributed by atoms with E-state index in [0.29, 0.717) is 16.1 Å². The molecule has 3 aromatic rings. The Labute approximate surface area is 192 Å². The number of carbonyl (C=O) groups is 1. The van der Waals surface area contributed by atoms with Crippen molar-refractivity contribution in [3.8, 4) is 0 Å². The minimum Gasteiger partial charge on any atom is -0.348 e. The zero-order valence-electron chi connectivity index (χ0n) is 17.2. The van der Waals surface area contributed by atoms with Gasteiger partial charge < -0.3 is 5.32 Å². The molecule has 3 aromatic carbocycles. The van der Waals surface area contributed by atoms with Gasteiger partial charge in [0, 0.05) is 41.9 Å². The van der Waals surface area contributed by atoms with Crippen LogP contribution >= 0.6 is 23.4 Å². The summed E-state index contributed by atoms with van der Waals surface area (Å²) in [5.41, 5.74) is 2.16. The number of hydrogen-bond acceptors (Lipinski definition) is 4. The number of nitrogens with zero attached hydrogens (tertiary/aromatic N) is 1. The molecule has 1 N–H and O–H groups in total. The maximum atomic E-state index is 12.5. The normalized spacial score (nSPS) is 11.5. The highest BCUT2D eigenvalue weighted by Crippen LogP contribution is 2.24. The summed E-state index contributed by atoms with van der Waals surface area (Å²) in [5, 5.41) is 3.52. The van der Waals surface area contributed by atoms with Gasteiger partial charge in [0.05, 0.1) is 4.90 Å². The minimum atomic E-state index is -3.59. The third-order valence-electron chi connectivity index (χ3n) is 4.61. The van der Waals surface area contributed by atoms with Crippen LogP contribution in [0.25, 0.3) is 0 Å². The predicted octanol–water partition coefficient (Wildman–Crippen LogP) is 4.81. The van der Waals surface area contributed by atoms with Gasteiger partial charge in [0.2, 0.25) is 10.0 Å². The molecule has 0 unspecified atom stereocenters. The van der Waals surface area contributed by atoms with Crippen LogP contribution in [0.5, 0.6) is 0 Å². The molecule has 31 heavy (non-hydrogen) atoms. The highest BCUT2D eigenvalue weighted by Gasteiger charge is 2.20. The Bertz CT molecular complexity index is 1150. The van der Waals surface area contributed by atoms with Crippen LogP contribution in [0.1, 0.15) is 21.5 Å². The number of benzene rings is 3. The summed E-state index contributed by atoms with van der Waals surface area (Å²) in [5.74, 6) is 0.521. The van der Waals surface area contributed by atoms with Crippen molar-refractivity contribution in [3.05, 3.63) is 94.5 Å². The molecule has 3 rings (SSSR count). The summed E-state index contributed by atoms with van der Waals surface area (Å²) in [6.45, 7) is 0.121. The van der Waals surface area contributed by atoms with Crippen LogP contribution in [-0.4, -0.2) is 32.7 Å². The minimum absolute atomic E-state index is 0.121. The molecule has 0 bridgehead atoms. The van der Waals surface area contributed by atoms with E-state index in [0.717, 1.165) is 20.5 Å². The fraction of sp³-hybridized carbons (Fsp3) is 0.174. The molecule has 0 aliphatic heterocycles. The number of nitrogens with one attached hydrogen (secondary N) is 1. The van der Waals surface area contributed by atoms with Crippen molar-refractivity contribution >= 4 is 39.3 Å². The summed E-state index contributed by atoms with van der Waals surface area (Å²) in [6.07, 6.45) is 0. The Morgan fingerprint density at radius 1 is 0.968 bits per heavy atom. The molecule has 0 spiro atoms. The van der Waals surface area contributed by atoms with Crippen LogP contribution in [0.4, 0.5) is 0 Å². The molecule has 0 aliphatic rings. The Morgan fingerprint density at radius 3 is 2.26 bits per heavy atom. The van der Waals surface area contributed by atoms with Crippen LogP contribution < -0.4 is 5.32 Å². The summed E-state index contributed by atoms with van der Waals surface area (Å²) in [4.78, 5) is 13.9. The van der Waals surface area contributed by atoms with Gasteiger partial charge in [0.1, 0.15) is 0 Å². The third-order valence-corrected chi connectivity index (χ3v) is 7.86. The zero-order valence-corrected chi connectivity index (χ0v) is 19.6. The summed E-state index contributed by atoms with van der Waals surface area (Å²) < 4.78 is 26.1. The fourth-order valence-electron chi connectivity index (χ4n) is 2.83. The van der Waals surface area contributed by atoms with Crippen molar-refractivity contribution < 1.29 is 13.2 Å². The first-order valence-corrected chi connectivity index (χ1v) is 12.3. The molecule has 8 heteroatoms. The largest absolute Gasteiger partial charge is 0.348 e. The van der Waals surface area contributed by atoms with Crippen molar-refractivity contribution in [2.75, 3.05) is 14.1 Å². The van der Waals surface area contributed by atoms with Crippen molar-refractivity contribution in [1.29, 1.82) is 0 Å². The summed E-state index contributed by atoms with van der Waals surface area (Å²) >= 11 is 7.60. The first-order valence-electron chi connectivity index (χ1n) is 9.53. The van der Waals surface area contributed by atoms with E-state index in [-0.39, 0.29) is 17.3 Å². The van der Waals surface area contributed by atoms with E-state index in [2.05, 4.69) is 5.32 Å². The number of carbonyl (C=O) groups excluding carboxylic acids is 1. The van der Waals surface area contributed by atoms with E-state index in [9.17, 15) is 13.2 Å². The van der Waals surface area contributed by atoms with Crippen molar-refractivity contribution in [3.63, 3.8) is 0 Å². The number of amides is 1. The van der Waals surface area contributed by atoms with E-state index in [1.54, 1.807) is 48.2 Å². The number of hydrogen-bond donors (Lipinski definition) is 1. The van der Waals surface area contributed by atoms with Gasteiger partial charge in [-0.25, -0.2) is 12.7 Å². The predicted molar refractivity (Wildman–Crippen MR) is 126 cm³/mol. The summed E-state index contributed by atoms with van der Waals surface area (Å²) in [7, 11) is -0.618. The first kappa shape index (κ1) is 23.3. The van der Waals surface area contributed by atoms with Crippen molar-refractivity contribution in [1.82, 2.24) is 9.62 Å². The second-order valence-corrected chi connectivity index (χ2v) is 10.6. The summed E-state index contributed by atoms with van der Waals surface area (Å²) in [6, 6.07) is 21.7. The molecule has 0 saturated heterocycles. The fourth-order valence-corrected chi connectivity index (χ4v) is 4.92. The quantitative estimate of drug-likeness (QED) is 0.475. The highest BCUT2D eigenvalue weighted by molar-refractivity contribution is 7.98. The van der Waals surface area contributed by atoms with E-state index in [1.165, 1.54) is 14.1 Å². The lowest BCUT2D eigenvalue weighted by atomic mass is 10.1. The molecule has 0 aliphatic carbocycles. The lowest BCUT2D eigenvalue weighted by molar-refractivity contribution is 0.0950. The molecular weight excluding hydrogens is 452 g/mol. The van der Waals surface area contributed by atoms with Crippen molar-refractivity contribution in [2.24, 2.45) is 0 Å². The van der Waals surface area contributed by atoms with Crippen LogP contribution in [0.2, 0.25) is 5.02 Å². The standard InChI is InChI=1S/C23H23ClN2O3S2/c1-26(2)31(28,29)22-6-4-3-5-19(22)15-25-23(27)18-9-7-17(8-10-18)16-30-21-13-11-20(24)12-14-21/h3-14H,15-16H2,1-2H3,(H,25,27). The van der Waals surface area contributed by atoms with Gasteiger partial charge in [-0.2, -0.15) is 0 Å². The number of thioether (sulfide) groups is 1. The average molecular weight is 475 g/mol. The van der Waals surface area contributed by atoms with Crippen LogP contribution in [0, 0.1) is 0 Å². The van der Waals surface area contributed by atoms with Crippen LogP contribution in [-0.2, 0) is 22.3 Å². The zero-order chi connectivity index (χ0) is 22.4. The molecule has 1 amide bonds. The second-order valence-electron chi connectivity index (χ2n) is 7.02. The lowest BCUT2D eigenvalue weighted by Gasteiger charge is -2.15. The number of rotatable bonds is 8. The van der Waals surface area contributed by atoms with E-state index in [1.807, 2.05) is 36.4 Å². The van der Waals surface area contributed by atoms with Gasteiger partial charge >= 0.3 is 0 Å². The van der Waals surface area contributed by atoms with E-state index < -0.39 is 10.0 Å². The van der Waals surface area contributed by atoms with Gasteiger partial charge in [-0.05, 0) is 53.6 Å². The molecule has 0 fully saturated rings. The van der Waals surface area contributed by atoms with Crippen LogP contribution in [0.15, 0.2) is 82.6 Å². The SMILES string of the molecule is CN(C)S(=O)(=O)c1ccccc1CNC(=O)c1ccc(CSc2ccc(Cl)cc2)cc1. The Morgan fingerprint density at radius 2 is 1.61 bits per heavy atom. The molecular formula is C23H23ClN2O3S2. The molecule has 0 heterocycles. The lowest BCUT2D eigenvalue weighted by Crippen LogP contribution is -2.27.